The zero-order valence-electron chi connectivity index (χ0n) is 27.4. The zero-order valence-corrected chi connectivity index (χ0v) is 27.4. The predicted molar refractivity (Wildman–Crippen MR) is 179 cm³/mol. The van der Waals surface area contributed by atoms with Gasteiger partial charge in [-0.05, 0) is 50.4 Å². The Morgan fingerprint density at radius 1 is 1.09 bits per heavy atom. The number of pyridine rings is 1. The minimum atomic E-state index is -1.40. The van der Waals surface area contributed by atoms with E-state index in [1.165, 1.54) is 0 Å². The van der Waals surface area contributed by atoms with Crippen molar-refractivity contribution in [1.82, 2.24) is 20.1 Å². The van der Waals surface area contributed by atoms with Crippen LogP contribution in [0.15, 0.2) is 67.3 Å². The summed E-state index contributed by atoms with van der Waals surface area (Å²) in [4.78, 5) is 49.4. The van der Waals surface area contributed by atoms with Crippen LogP contribution in [0.25, 0.3) is 22.2 Å². The summed E-state index contributed by atoms with van der Waals surface area (Å²) in [6, 6.07) is 16.0. The molecule has 0 bridgehead atoms. The maximum atomic E-state index is 14.4. The predicted octanol–water partition coefficient (Wildman–Crippen LogP) is 4.91. The van der Waals surface area contributed by atoms with Crippen molar-refractivity contribution in [3.63, 3.8) is 0 Å². The van der Waals surface area contributed by atoms with Gasteiger partial charge in [-0.2, -0.15) is 0 Å². The van der Waals surface area contributed by atoms with E-state index >= 15 is 0 Å². The van der Waals surface area contributed by atoms with E-state index in [1.54, 1.807) is 18.1 Å². The molecular formula is C37H44N4O6. The number of fused-ring (bicyclic) bond motifs is 1. The Hall–Kier alpha value is -4.44. The Kier molecular flexibility index (Phi) is 9.23. The monoisotopic (exact) mass is 640 g/mol. The van der Waals surface area contributed by atoms with Gasteiger partial charge in [0.15, 0.2) is 0 Å². The van der Waals surface area contributed by atoms with E-state index < -0.39 is 35.6 Å². The van der Waals surface area contributed by atoms with Gasteiger partial charge in [0, 0.05) is 35.4 Å². The molecule has 2 N–H and O–H groups in total. The highest BCUT2D eigenvalue weighted by Crippen LogP contribution is 2.45. The smallest absolute Gasteiger partial charge is 0.330 e. The summed E-state index contributed by atoms with van der Waals surface area (Å²) >= 11 is 0. The molecule has 47 heavy (non-hydrogen) atoms. The van der Waals surface area contributed by atoms with Crippen LogP contribution in [0.2, 0.25) is 0 Å². The van der Waals surface area contributed by atoms with Crippen LogP contribution in [0.1, 0.15) is 46.0 Å². The molecule has 3 heterocycles. The minimum absolute atomic E-state index is 0.0239. The number of rotatable bonds is 11. The lowest BCUT2D eigenvalue weighted by Gasteiger charge is -2.39. The lowest BCUT2D eigenvalue weighted by molar-refractivity contribution is -0.147. The van der Waals surface area contributed by atoms with Gasteiger partial charge in [-0.1, -0.05) is 56.7 Å². The molecule has 0 unspecified atom stereocenters. The number of nitrogens with one attached hydrogen (secondary N) is 1. The molecule has 0 radical (unpaired) electrons. The van der Waals surface area contributed by atoms with Crippen molar-refractivity contribution >= 4 is 28.7 Å². The molecule has 2 saturated heterocycles. The number of carbonyl (C=O) groups is 3. The average molecular weight is 641 g/mol. The van der Waals surface area contributed by atoms with Gasteiger partial charge in [-0.3, -0.25) is 14.5 Å². The number of hydrogen-bond donors (Lipinski definition) is 2. The molecule has 10 heteroatoms. The average Bonchev–Trinajstić information content (AvgIpc) is 3.64. The van der Waals surface area contributed by atoms with E-state index in [0.29, 0.717) is 17.0 Å². The number of hydrogen-bond acceptors (Lipinski definition) is 7. The van der Waals surface area contributed by atoms with Crippen LogP contribution in [0.4, 0.5) is 0 Å². The second-order valence-corrected chi connectivity index (χ2v) is 13.3. The van der Waals surface area contributed by atoms with E-state index in [-0.39, 0.29) is 37.1 Å². The van der Waals surface area contributed by atoms with E-state index in [0.717, 1.165) is 49.0 Å². The normalized spacial score (nSPS) is 24.9. The lowest BCUT2D eigenvalue weighted by atomic mass is 9.97. The fourth-order valence-corrected chi connectivity index (χ4v) is 7.26. The topological polar surface area (TPSA) is 121 Å². The first-order valence-corrected chi connectivity index (χ1v) is 16.6. The molecule has 3 fully saturated rings. The number of amides is 2. The van der Waals surface area contributed by atoms with Gasteiger partial charge >= 0.3 is 5.97 Å². The summed E-state index contributed by atoms with van der Waals surface area (Å²) in [5, 5.41) is 13.6. The van der Waals surface area contributed by atoms with Crippen LogP contribution in [0.3, 0.4) is 0 Å². The summed E-state index contributed by atoms with van der Waals surface area (Å²) in [7, 11) is 1.61. The van der Waals surface area contributed by atoms with Crippen molar-refractivity contribution in [1.29, 1.82) is 0 Å². The van der Waals surface area contributed by atoms with Gasteiger partial charge in [0.2, 0.25) is 11.8 Å². The first kappa shape index (κ1) is 32.5. The lowest BCUT2D eigenvalue weighted by Crippen LogP contribution is -2.58. The van der Waals surface area contributed by atoms with Crippen LogP contribution >= 0.6 is 0 Å². The number of aromatic nitrogens is 1. The first-order valence-electron chi connectivity index (χ1n) is 16.6. The second-order valence-electron chi connectivity index (χ2n) is 13.3. The van der Waals surface area contributed by atoms with Crippen molar-refractivity contribution in [3.8, 4) is 22.8 Å². The highest BCUT2D eigenvalue weighted by atomic mass is 16.5. The summed E-state index contributed by atoms with van der Waals surface area (Å²) in [6.45, 7) is 9.68. The molecule has 1 aromatic heterocycles. The quantitative estimate of drug-likeness (QED) is 0.284. The number of carboxylic acids is 1. The standard InChI is InChI=1S/C37H44N4O6/c1-5-25-21-37(25,36(44)45)39-34(42)31-19-27(22-41(31)35(43)33(23(2)3)40-16-10-7-11-17-40)47-32-20-29(24-12-8-6-9-13-24)38-30-18-26(46-4)14-15-28(30)32/h5-6,8-9,12-15,18,20,23,25,27,31,33H,1,7,10-11,16-17,19,21-22H2,2-4H3,(H,39,42)(H,44,45)/t25-,27+,31-,33-,37+/m0/s1. The van der Waals surface area contributed by atoms with Crippen LogP contribution in [-0.4, -0.2) is 88.1 Å². The first-order chi connectivity index (χ1) is 22.6. The molecule has 1 saturated carbocycles. The number of piperidine rings is 1. The number of methoxy groups -OCH3 is 1. The van der Waals surface area contributed by atoms with Crippen molar-refractivity contribution < 1.29 is 29.0 Å². The third-order valence-electron chi connectivity index (χ3n) is 9.89. The molecule has 2 amide bonds. The number of carbonyl (C=O) groups excluding carboxylic acids is 2. The third kappa shape index (κ3) is 6.43. The number of likely N-dealkylation sites (tertiary alicyclic amines) is 2. The molecular weight excluding hydrogens is 596 g/mol. The SMILES string of the molecule is C=C[C@H]1C[C@]1(NC(=O)[C@@H]1C[C@@H](Oc2cc(-c3ccccc3)nc3cc(OC)ccc23)CN1C(=O)[C@H](C(C)C)N1CCCCC1)C(=O)O. The van der Waals surface area contributed by atoms with Gasteiger partial charge in [0.25, 0.3) is 0 Å². The molecule has 3 aromatic rings. The summed E-state index contributed by atoms with van der Waals surface area (Å²) in [5.74, 6) is -0.791. The van der Waals surface area contributed by atoms with Crippen LogP contribution in [0, 0.1) is 11.8 Å². The van der Waals surface area contributed by atoms with Crippen LogP contribution in [0.5, 0.6) is 11.5 Å². The zero-order chi connectivity index (χ0) is 33.3. The summed E-state index contributed by atoms with van der Waals surface area (Å²) in [6.07, 6.45) is 4.73. The van der Waals surface area contributed by atoms with Gasteiger partial charge in [0.1, 0.15) is 29.2 Å². The fourth-order valence-electron chi connectivity index (χ4n) is 7.26. The minimum Gasteiger partial charge on any atom is -0.497 e. The Balaban J connectivity index is 1.34. The van der Waals surface area contributed by atoms with Gasteiger partial charge < -0.3 is 24.8 Å². The molecule has 10 nitrogen and oxygen atoms in total. The Morgan fingerprint density at radius 3 is 2.47 bits per heavy atom. The molecule has 3 aliphatic rings. The summed E-state index contributed by atoms with van der Waals surface area (Å²) < 4.78 is 12.2. The van der Waals surface area contributed by atoms with E-state index in [4.69, 9.17) is 14.5 Å². The molecule has 248 valence electrons. The van der Waals surface area contributed by atoms with Crippen LogP contribution in [-0.2, 0) is 14.4 Å². The molecule has 2 aromatic carbocycles. The van der Waals surface area contributed by atoms with E-state index in [9.17, 15) is 19.5 Å². The number of benzene rings is 2. The Morgan fingerprint density at radius 2 is 1.83 bits per heavy atom. The largest absolute Gasteiger partial charge is 0.497 e. The van der Waals surface area contributed by atoms with Gasteiger partial charge in [-0.25, -0.2) is 9.78 Å². The van der Waals surface area contributed by atoms with Crippen molar-refractivity contribution in [2.24, 2.45) is 11.8 Å². The van der Waals surface area contributed by atoms with E-state index in [1.807, 2.05) is 68.4 Å². The maximum absolute atomic E-state index is 14.4. The number of aliphatic carboxylic acids is 1. The van der Waals surface area contributed by atoms with E-state index in [2.05, 4.69) is 16.8 Å². The molecule has 5 atom stereocenters. The van der Waals surface area contributed by atoms with Crippen molar-refractivity contribution in [3.05, 3.63) is 67.3 Å². The van der Waals surface area contributed by atoms with Gasteiger partial charge in [0.05, 0.1) is 30.9 Å². The number of carboxylic acid groups (broad SMARTS) is 1. The Bertz CT molecular complexity index is 1660. The molecule has 0 spiro atoms. The maximum Gasteiger partial charge on any atom is 0.330 e. The Labute approximate surface area is 275 Å². The van der Waals surface area contributed by atoms with Crippen LogP contribution < -0.4 is 14.8 Å². The highest BCUT2D eigenvalue weighted by molar-refractivity contribution is 5.96. The highest BCUT2D eigenvalue weighted by Gasteiger charge is 2.61. The van der Waals surface area contributed by atoms with Crippen molar-refractivity contribution in [2.45, 2.75) is 69.7 Å². The molecule has 6 rings (SSSR count). The second kappa shape index (κ2) is 13.4. The molecule has 2 aliphatic heterocycles. The fraction of sp³-hybridized carbons (Fsp3) is 0.459. The third-order valence-corrected chi connectivity index (χ3v) is 9.89. The van der Waals surface area contributed by atoms with Gasteiger partial charge in [-0.15, -0.1) is 6.58 Å². The van der Waals surface area contributed by atoms with Crippen molar-refractivity contribution in [2.75, 3.05) is 26.7 Å². The number of ether oxygens (including phenoxy) is 2. The summed E-state index contributed by atoms with van der Waals surface area (Å²) in [5.41, 5.74) is 0.934. The number of nitrogens with zero attached hydrogens (tertiary/aromatic N) is 3. The molecule has 1 aliphatic carbocycles.